The van der Waals surface area contributed by atoms with Crippen molar-refractivity contribution in [2.75, 3.05) is 70.5 Å². The number of aryl methyl sites for hydroxylation is 1. The molecule has 5 rings (SSSR count). The van der Waals surface area contributed by atoms with Gasteiger partial charge >= 0.3 is 0 Å². The maximum absolute atomic E-state index is 13.4. The van der Waals surface area contributed by atoms with E-state index in [2.05, 4.69) is 36.9 Å². The third kappa shape index (κ3) is 4.96. The van der Waals surface area contributed by atoms with Gasteiger partial charge < -0.3 is 19.3 Å². The van der Waals surface area contributed by atoms with Crippen molar-refractivity contribution in [2.45, 2.75) is 45.3 Å². The number of piperazine rings is 1. The van der Waals surface area contributed by atoms with Gasteiger partial charge in [0.1, 0.15) is 0 Å². The molecule has 1 atom stereocenters. The first-order chi connectivity index (χ1) is 16.8. The van der Waals surface area contributed by atoms with E-state index >= 15 is 0 Å². The summed E-state index contributed by atoms with van der Waals surface area (Å²) < 4.78 is 41.3. The highest BCUT2D eigenvalue weighted by atomic mass is 32.2. The van der Waals surface area contributed by atoms with Gasteiger partial charge in [-0.05, 0) is 43.9 Å². The summed E-state index contributed by atoms with van der Waals surface area (Å²) >= 11 is 0. The van der Waals surface area contributed by atoms with Crippen LogP contribution < -0.4 is 4.90 Å². The average molecular weight is 507 g/mol. The maximum atomic E-state index is 13.4. The molecule has 0 bridgehead atoms. The number of carbonyl (C=O) groups excluding carboxylic acids is 1. The number of hydrogen-bond acceptors (Lipinski definition) is 6. The van der Waals surface area contributed by atoms with Crippen molar-refractivity contribution in [1.29, 1.82) is 0 Å². The minimum absolute atomic E-state index is 0.0934. The Morgan fingerprint density at radius 2 is 1.63 bits per heavy atom. The molecule has 1 aromatic carbocycles. The quantitative estimate of drug-likeness (QED) is 0.619. The summed E-state index contributed by atoms with van der Waals surface area (Å²) in [5, 5.41) is 0. The molecule has 0 aliphatic carbocycles. The van der Waals surface area contributed by atoms with Crippen molar-refractivity contribution in [3.63, 3.8) is 0 Å². The zero-order valence-electron chi connectivity index (χ0n) is 20.9. The summed E-state index contributed by atoms with van der Waals surface area (Å²) in [5.74, 6) is -0.787. The molecular formula is C25H38N4O5S. The van der Waals surface area contributed by atoms with Crippen LogP contribution in [0.3, 0.4) is 0 Å². The van der Waals surface area contributed by atoms with Gasteiger partial charge in [-0.25, -0.2) is 0 Å². The molecular weight excluding hydrogens is 468 g/mol. The lowest BCUT2D eigenvalue weighted by Crippen LogP contribution is -2.56. The first kappa shape index (κ1) is 25.0. The lowest BCUT2D eigenvalue weighted by molar-refractivity contribution is -0.179. The summed E-state index contributed by atoms with van der Waals surface area (Å²) in [6, 6.07) is 6.36. The highest BCUT2D eigenvalue weighted by Crippen LogP contribution is 2.33. The Bertz CT molecular complexity index is 1020. The number of rotatable bonds is 4. The van der Waals surface area contributed by atoms with E-state index in [9.17, 15) is 13.2 Å². The fourth-order valence-electron chi connectivity index (χ4n) is 5.86. The van der Waals surface area contributed by atoms with Gasteiger partial charge in [0, 0.05) is 70.9 Å². The van der Waals surface area contributed by atoms with Gasteiger partial charge in [-0.15, -0.1) is 0 Å². The summed E-state index contributed by atoms with van der Waals surface area (Å²) in [5.41, 5.74) is 3.80. The van der Waals surface area contributed by atoms with Crippen LogP contribution in [0.5, 0.6) is 0 Å². The number of piperidine rings is 2. The van der Waals surface area contributed by atoms with Gasteiger partial charge in [-0.3, -0.25) is 4.79 Å². The van der Waals surface area contributed by atoms with Crippen molar-refractivity contribution in [3.8, 4) is 0 Å². The molecule has 9 nitrogen and oxygen atoms in total. The number of anilines is 1. The second-order valence-electron chi connectivity index (χ2n) is 10.2. The normalized spacial score (nSPS) is 26.4. The minimum Gasteiger partial charge on any atom is -0.368 e. The lowest BCUT2D eigenvalue weighted by Gasteiger charge is -2.42. The zero-order valence-corrected chi connectivity index (χ0v) is 21.8. The molecule has 4 aliphatic heterocycles. The molecule has 0 saturated carbocycles. The van der Waals surface area contributed by atoms with E-state index in [1.807, 2.05) is 4.90 Å². The number of nitrogens with zero attached hydrogens (tertiary/aromatic N) is 4. The maximum Gasteiger partial charge on any atom is 0.282 e. The molecule has 10 heteroatoms. The predicted octanol–water partition coefficient (Wildman–Crippen LogP) is 1.75. The third-order valence-electron chi connectivity index (χ3n) is 8.19. The summed E-state index contributed by atoms with van der Waals surface area (Å²) in [7, 11) is -3.61. The zero-order chi connectivity index (χ0) is 24.6. The molecule has 4 heterocycles. The molecule has 0 unspecified atom stereocenters. The highest BCUT2D eigenvalue weighted by Gasteiger charge is 2.45. The van der Waals surface area contributed by atoms with Crippen LogP contribution in [-0.2, 0) is 24.5 Å². The summed E-state index contributed by atoms with van der Waals surface area (Å²) in [6.07, 6.45) is 2.55. The number of amides is 1. The fraction of sp³-hybridized carbons (Fsp3) is 0.720. The van der Waals surface area contributed by atoms with Crippen molar-refractivity contribution in [3.05, 3.63) is 29.3 Å². The van der Waals surface area contributed by atoms with E-state index in [4.69, 9.17) is 9.47 Å². The van der Waals surface area contributed by atoms with Gasteiger partial charge in [0.25, 0.3) is 10.2 Å². The predicted molar refractivity (Wildman–Crippen MR) is 133 cm³/mol. The Hall–Kier alpha value is -1.72. The van der Waals surface area contributed by atoms with Crippen LogP contribution >= 0.6 is 0 Å². The van der Waals surface area contributed by atoms with Crippen molar-refractivity contribution in [2.24, 2.45) is 5.92 Å². The van der Waals surface area contributed by atoms with Gasteiger partial charge in [-0.1, -0.05) is 12.1 Å². The topological polar surface area (TPSA) is 82.6 Å². The van der Waals surface area contributed by atoms with Gasteiger partial charge in [-0.2, -0.15) is 17.0 Å². The molecule has 0 aromatic heterocycles. The number of benzene rings is 1. The van der Waals surface area contributed by atoms with Crippen LogP contribution in [0.4, 0.5) is 5.69 Å². The molecule has 4 aliphatic rings. The van der Waals surface area contributed by atoms with Crippen LogP contribution in [-0.4, -0.2) is 99.2 Å². The van der Waals surface area contributed by atoms with Crippen molar-refractivity contribution < 1.29 is 22.7 Å². The molecule has 1 aromatic rings. The van der Waals surface area contributed by atoms with Crippen LogP contribution in [0.25, 0.3) is 0 Å². The van der Waals surface area contributed by atoms with E-state index in [1.165, 1.54) is 21.1 Å². The minimum atomic E-state index is -3.61. The van der Waals surface area contributed by atoms with Crippen LogP contribution in [0.1, 0.15) is 36.8 Å². The number of hydrogen-bond donors (Lipinski definition) is 0. The highest BCUT2D eigenvalue weighted by molar-refractivity contribution is 7.86. The monoisotopic (exact) mass is 506 g/mol. The standard InChI is InChI=1S/C25H38N4O5S/c1-20-5-3-7-23(21(20)2)26-13-15-27(16-14-26)24(30)22-6-4-10-29(19-22)35(31,32)28-11-8-25(9-12-28)33-17-18-34-25/h3,5,7,22H,4,6,8-19H2,1-2H3/t22-/m0/s1. The number of carbonyl (C=O) groups is 1. The molecule has 35 heavy (non-hydrogen) atoms. The van der Waals surface area contributed by atoms with E-state index < -0.39 is 16.0 Å². The second-order valence-corrected chi connectivity index (χ2v) is 12.2. The molecule has 1 spiro atoms. The smallest absolute Gasteiger partial charge is 0.282 e. The second kappa shape index (κ2) is 9.97. The molecule has 1 amide bonds. The Balaban J connectivity index is 1.17. The van der Waals surface area contributed by atoms with Gasteiger partial charge in [0.15, 0.2) is 5.79 Å². The summed E-state index contributed by atoms with van der Waals surface area (Å²) in [6.45, 7) is 9.87. The Morgan fingerprint density at radius 1 is 0.943 bits per heavy atom. The average Bonchev–Trinajstić information content (AvgIpc) is 3.33. The Labute approximate surface area is 209 Å². The molecule has 4 saturated heterocycles. The molecule has 4 fully saturated rings. The van der Waals surface area contributed by atoms with E-state index in [1.54, 1.807) is 4.31 Å². The SMILES string of the molecule is Cc1cccc(N2CCN(C(=O)[C@H]3CCCN(S(=O)(=O)N4CCC5(CC4)OCCO5)C3)CC2)c1C. The van der Waals surface area contributed by atoms with E-state index in [-0.39, 0.29) is 18.4 Å². The van der Waals surface area contributed by atoms with Crippen molar-refractivity contribution >= 4 is 21.8 Å². The lowest BCUT2D eigenvalue weighted by atomic mass is 9.97. The molecule has 0 N–H and O–H groups in total. The fourth-order valence-corrected chi connectivity index (χ4v) is 7.56. The van der Waals surface area contributed by atoms with Crippen LogP contribution in [0.2, 0.25) is 0 Å². The molecule has 0 radical (unpaired) electrons. The van der Waals surface area contributed by atoms with E-state index in [0.717, 1.165) is 19.5 Å². The Morgan fingerprint density at radius 3 is 2.31 bits per heavy atom. The van der Waals surface area contributed by atoms with E-state index in [0.29, 0.717) is 65.2 Å². The first-order valence-corrected chi connectivity index (χ1v) is 14.3. The van der Waals surface area contributed by atoms with Gasteiger partial charge in [0.2, 0.25) is 5.91 Å². The third-order valence-corrected chi connectivity index (χ3v) is 10.2. The molecule has 194 valence electrons. The van der Waals surface area contributed by atoms with Crippen LogP contribution in [0.15, 0.2) is 18.2 Å². The summed E-state index contributed by atoms with van der Waals surface area (Å²) in [4.78, 5) is 17.7. The number of ether oxygens (including phenoxy) is 2. The van der Waals surface area contributed by atoms with Crippen LogP contribution in [0, 0.1) is 19.8 Å². The van der Waals surface area contributed by atoms with Gasteiger partial charge in [0.05, 0.1) is 19.1 Å². The first-order valence-electron chi connectivity index (χ1n) is 12.9. The Kier molecular flexibility index (Phi) is 7.11. The largest absolute Gasteiger partial charge is 0.368 e. The van der Waals surface area contributed by atoms with Crippen molar-refractivity contribution in [1.82, 2.24) is 13.5 Å².